The average molecular weight is 470 g/mol. The molecule has 2 aromatic rings. The summed E-state index contributed by atoms with van der Waals surface area (Å²) in [5, 5.41) is 4.35. The molecule has 7 heteroatoms. The van der Waals surface area contributed by atoms with Crippen LogP contribution in [0.3, 0.4) is 0 Å². The molecule has 6 nitrogen and oxygen atoms in total. The number of carbonyl (C=O) groups excluding carboxylic acids is 2. The van der Waals surface area contributed by atoms with Crippen molar-refractivity contribution in [3.05, 3.63) is 34.3 Å². The van der Waals surface area contributed by atoms with Crippen LogP contribution in [0.25, 0.3) is 0 Å². The Morgan fingerprint density at radius 2 is 2.00 bits per heavy atom. The average Bonchev–Trinajstić information content (AvgIpc) is 3.45. The molecule has 0 radical (unpaired) electrons. The Hall–Kier alpha value is -2.59. The minimum atomic E-state index is -0.444. The number of thiophene rings is 1. The largest absolute Gasteiger partial charge is 0.465 e. The molecule has 0 aliphatic heterocycles. The van der Waals surface area contributed by atoms with Gasteiger partial charge in [0.2, 0.25) is 5.91 Å². The molecule has 33 heavy (non-hydrogen) atoms. The lowest BCUT2D eigenvalue weighted by Gasteiger charge is -2.32. The van der Waals surface area contributed by atoms with Gasteiger partial charge in [-0.05, 0) is 71.4 Å². The van der Waals surface area contributed by atoms with Crippen molar-refractivity contribution in [1.29, 1.82) is 0 Å². The third-order valence-electron chi connectivity index (χ3n) is 5.99. The first kappa shape index (κ1) is 25.0. The molecule has 1 atom stereocenters. The Bertz CT molecular complexity index is 1020. The molecular weight excluding hydrogens is 434 g/mol. The van der Waals surface area contributed by atoms with E-state index in [2.05, 4.69) is 23.9 Å². The van der Waals surface area contributed by atoms with Crippen LogP contribution in [0.5, 0.6) is 0 Å². The second-order valence-electron chi connectivity index (χ2n) is 10.1. The number of carbonyl (C=O) groups is 2. The summed E-state index contributed by atoms with van der Waals surface area (Å²) in [7, 11) is 1.37. The van der Waals surface area contributed by atoms with Gasteiger partial charge in [-0.15, -0.1) is 11.3 Å². The van der Waals surface area contributed by atoms with Crippen molar-refractivity contribution in [3.63, 3.8) is 0 Å². The summed E-state index contributed by atoms with van der Waals surface area (Å²) in [6.07, 6.45) is 7.48. The third-order valence-corrected chi connectivity index (χ3v) is 7.01. The van der Waals surface area contributed by atoms with Crippen LogP contribution in [-0.4, -0.2) is 35.3 Å². The van der Waals surface area contributed by atoms with Gasteiger partial charge in [-0.25, -0.2) is 4.79 Å². The van der Waals surface area contributed by atoms with E-state index < -0.39 is 5.97 Å². The molecule has 1 fully saturated rings. The predicted molar refractivity (Wildman–Crippen MR) is 132 cm³/mol. The highest BCUT2D eigenvalue weighted by Crippen LogP contribution is 2.36. The molecule has 0 bridgehead atoms. The van der Waals surface area contributed by atoms with E-state index in [0.717, 1.165) is 30.6 Å². The first-order chi connectivity index (χ1) is 15.6. The zero-order valence-electron chi connectivity index (χ0n) is 20.6. The van der Waals surface area contributed by atoms with Crippen LogP contribution < -0.4 is 4.90 Å². The van der Waals surface area contributed by atoms with Crippen LogP contribution in [0.1, 0.15) is 80.9 Å². The third kappa shape index (κ3) is 6.48. The van der Waals surface area contributed by atoms with Gasteiger partial charge in [-0.3, -0.25) is 9.48 Å². The Morgan fingerprint density at radius 3 is 2.58 bits per heavy atom. The number of ether oxygens (including phenoxy) is 1. The van der Waals surface area contributed by atoms with E-state index in [-0.39, 0.29) is 23.3 Å². The van der Waals surface area contributed by atoms with Crippen LogP contribution in [0.4, 0.5) is 5.69 Å². The van der Waals surface area contributed by atoms with Crippen LogP contribution in [0, 0.1) is 29.1 Å². The lowest BCUT2D eigenvalue weighted by Crippen LogP contribution is -2.41. The fourth-order valence-corrected chi connectivity index (χ4v) is 4.99. The van der Waals surface area contributed by atoms with Crippen LogP contribution in [-0.2, 0) is 9.53 Å². The van der Waals surface area contributed by atoms with Gasteiger partial charge in [0.1, 0.15) is 4.88 Å². The van der Waals surface area contributed by atoms with Crippen molar-refractivity contribution in [2.24, 2.45) is 17.3 Å². The number of methoxy groups -OCH3 is 1. The second kappa shape index (κ2) is 10.6. The normalized spacial score (nSPS) is 19.3. The van der Waals surface area contributed by atoms with Gasteiger partial charge in [0.15, 0.2) is 0 Å². The predicted octanol–water partition coefficient (Wildman–Crippen LogP) is 5.55. The van der Waals surface area contributed by atoms with Crippen molar-refractivity contribution in [1.82, 2.24) is 9.78 Å². The summed E-state index contributed by atoms with van der Waals surface area (Å²) in [5.41, 5.74) is 0.422. The van der Waals surface area contributed by atoms with E-state index in [1.165, 1.54) is 18.4 Å². The molecule has 3 rings (SSSR count). The van der Waals surface area contributed by atoms with E-state index in [1.54, 1.807) is 11.1 Å². The molecule has 178 valence electrons. The Kier molecular flexibility index (Phi) is 8.01. The number of nitrogens with zero attached hydrogens (tertiary/aromatic N) is 3. The van der Waals surface area contributed by atoms with Crippen molar-refractivity contribution in [2.45, 2.75) is 66.3 Å². The first-order valence-corrected chi connectivity index (χ1v) is 12.5. The monoisotopic (exact) mass is 469 g/mol. The highest BCUT2D eigenvalue weighted by Gasteiger charge is 2.33. The van der Waals surface area contributed by atoms with E-state index in [0.29, 0.717) is 23.0 Å². The molecule has 1 saturated carbocycles. The number of rotatable bonds is 6. The maximum Gasteiger partial charge on any atom is 0.350 e. The highest BCUT2D eigenvalue weighted by atomic mass is 32.1. The summed E-state index contributed by atoms with van der Waals surface area (Å²) in [6.45, 7) is 10.8. The molecule has 1 amide bonds. The fourth-order valence-electron chi connectivity index (χ4n) is 4.06. The highest BCUT2D eigenvalue weighted by molar-refractivity contribution is 7.15. The molecule has 1 aliphatic carbocycles. The van der Waals surface area contributed by atoms with Crippen LogP contribution in [0.15, 0.2) is 24.5 Å². The van der Waals surface area contributed by atoms with Gasteiger partial charge in [-0.1, -0.05) is 18.8 Å². The second-order valence-corrected chi connectivity index (χ2v) is 11.1. The SMILES string of the molecule is COC(=O)c1sc(C#CC(C)(C)C)cc1N(CC(C)n1cccn1)C(=O)[C@H]1CC[C@H](C)CC1. The minimum Gasteiger partial charge on any atom is -0.465 e. The van der Waals surface area contributed by atoms with Gasteiger partial charge in [-0.2, -0.15) is 5.10 Å². The lowest BCUT2D eigenvalue weighted by atomic mass is 9.82. The number of hydrogen-bond acceptors (Lipinski definition) is 5. The van der Waals surface area contributed by atoms with Crippen molar-refractivity contribution >= 4 is 28.9 Å². The lowest BCUT2D eigenvalue weighted by molar-refractivity contribution is -0.123. The number of amides is 1. The number of esters is 1. The summed E-state index contributed by atoms with van der Waals surface area (Å²) in [5.74, 6) is 6.65. The molecular formula is C26H35N3O3S. The fraction of sp³-hybridized carbons (Fsp3) is 0.577. The Morgan fingerprint density at radius 1 is 1.30 bits per heavy atom. The smallest absolute Gasteiger partial charge is 0.350 e. The summed E-state index contributed by atoms with van der Waals surface area (Å²) in [6, 6.07) is 3.69. The van der Waals surface area contributed by atoms with Gasteiger partial charge in [0.25, 0.3) is 0 Å². The van der Waals surface area contributed by atoms with Gasteiger partial charge in [0, 0.05) is 30.3 Å². The van der Waals surface area contributed by atoms with Gasteiger partial charge < -0.3 is 9.64 Å². The number of hydrogen-bond donors (Lipinski definition) is 0. The van der Waals surface area contributed by atoms with Crippen molar-refractivity contribution < 1.29 is 14.3 Å². The molecule has 1 aliphatic rings. The quantitative estimate of drug-likeness (QED) is 0.411. The standard InChI is InChI=1S/C26H35N3O3S/c1-18-8-10-20(11-9-18)24(30)28(17-19(2)29-15-7-14-27-29)22-16-21(12-13-26(3,4)5)33-23(22)25(31)32-6/h7,14-16,18-20H,8-11,17H2,1-6H3/t18-,19?,20-. The molecule has 2 heterocycles. The van der Waals surface area contributed by atoms with E-state index >= 15 is 0 Å². The van der Waals surface area contributed by atoms with Crippen molar-refractivity contribution in [3.8, 4) is 11.8 Å². The summed E-state index contributed by atoms with van der Waals surface area (Å²) in [4.78, 5) is 29.5. The first-order valence-electron chi connectivity index (χ1n) is 11.6. The molecule has 0 N–H and O–H groups in total. The molecule has 0 aromatic carbocycles. The number of aromatic nitrogens is 2. The topological polar surface area (TPSA) is 64.4 Å². The van der Waals surface area contributed by atoms with Gasteiger partial charge in [0.05, 0.1) is 23.7 Å². The summed E-state index contributed by atoms with van der Waals surface area (Å²) >= 11 is 1.29. The Labute approximate surface area is 201 Å². The molecule has 0 spiro atoms. The van der Waals surface area contributed by atoms with Crippen LogP contribution in [0.2, 0.25) is 0 Å². The number of anilines is 1. The molecule has 0 saturated heterocycles. The Balaban J connectivity index is 2.02. The maximum atomic E-state index is 13.8. The zero-order chi connectivity index (χ0) is 24.2. The minimum absolute atomic E-state index is 0.0412. The molecule has 2 aromatic heterocycles. The zero-order valence-corrected chi connectivity index (χ0v) is 21.4. The van der Waals surface area contributed by atoms with E-state index in [1.807, 2.05) is 50.7 Å². The van der Waals surface area contributed by atoms with E-state index in [9.17, 15) is 9.59 Å². The summed E-state index contributed by atoms with van der Waals surface area (Å²) < 4.78 is 6.91. The maximum absolute atomic E-state index is 13.8. The van der Waals surface area contributed by atoms with Gasteiger partial charge >= 0.3 is 5.97 Å². The van der Waals surface area contributed by atoms with Crippen LogP contribution >= 0.6 is 11.3 Å². The molecule has 1 unspecified atom stereocenters. The van der Waals surface area contributed by atoms with Crippen molar-refractivity contribution in [2.75, 3.05) is 18.6 Å². The van der Waals surface area contributed by atoms with E-state index in [4.69, 9.17) is 4.74 Å².